The van der Waals surface area contributed by atoms with Gasteiger partial charge in [-0.15, -0.1) is 0 Å². The molecule has 1 aromatic heterocycles. The third-order valence-corrected chi connectivity index (χ3v) is 3.94. The molecule has 7 nitrogen and oxygen atoms in total. The number of esters is 1. The van der Waals surface area contributed by atoms with Gasteiger partial charge in [0.2, 0.25) is 5.75 Å². The van der Waals surface area contributed by atoms with Crippen LogP contribution in [0.4, 0.5) is 5.69 Å². The summed E-state index contributed by atoms with van der Waals surface area (Å²) in [5.41, 5.74) is 0.187. The van der Waals surface area contributed by atoms with Crippen molar-refractivity contribution in [2.75, 3.05) is 6.61 Å². The fraction of sp³-hybridized carbons (Fsp3) is 0.200. The Morgan fingerprint density at radius 3 is 2.81 bits per heavy atom. The smallest absolute Gasteiger partial charge is 0.343 e. The fourth-order valence-corrected chi connectivity index (χ4v) is 2.55. The van der Waals surface area contributed by atoms with E-state index in [0.29, 0.717) is 17.7 Å². The van der Waals surface area contributed by atoms with Crippen molar-refractivity contribution in [3.63, 3.8) is 0 Å². The van der Waals surface area contributed by atoms with E-state index in [1.165, 1.54) is 12.3 Å². The number of hydrogen-bond acceptors (Lipinski definition) is 6. The number of unbranched alkanes of at least 4 members (excludes halogenated alkanes) is 1. The molecule has 0 amide bonds. The van der Waals surface area contributed by atoms with Gasteiger partial charge >= 0.3 is 11.7 Å². The Kier molecular flexibility index (Phi) is 5.61. The lowest BCUT2D eigenvalue weighted by Gasteiger charge is -2.09. The quantitative estimate of drug-likeness (QED) is 0.200. The van der Waals surface area contributed by atoms with Crippen LogP contribution in [-0.4, -0.2) is 22.5 Å². The minimum atomic E-state index is -0.711. The summed E-state index contributed by atoms with van der Waals surface area (Å²) >= 11 is 0. The molecule has 0 unspecified atom stereocenters. The van der Waals surface area contributed by atoms with Crippen LogP contribution in [0.3, 0.4) is 0 Å². The first-order chi connectivity index (χ1) is 13.1. The predicted octanol–water partition coefficient (Wildman–Crippen LogP) is 4.54. The molecule has 0 fully saturated rings. The molecular formula is C20H18N2O5. The van der Waals surface area contributed by atoms with Gasteiger partial charge in [0.15, 0.2) is 0 Å². The van der Waals surface area contributed by atoms with Crippen LogP contribution in [0.2, 0.25) is 0 Å². The molecule has 0 saturated heterocycles. The van der Waals surface area contributed by atoms with Crippen molar-refractivity contribution in [3.05, 3.63) is 70.4 Å². The third-order valence-electron chi connectivity index (χ3n) is 3.94. The van der Waals surface area contributed by atoms with Crippen LogP contribution in [0.1, 0.15) is 30.1 Å². The zero-order valence-electron chi connectivity index (χ0n) is 14.8. The van der Waals surface area contributed by atoms with E-state index in [1.807, 2.05) is 0 Å². The number of benzene rings is 2. The second-order valence-corrected chi connectivity index (χ2v) is 5.87. The van der Waals surface area contributed by atoms with Crippen molar-refractivity contribution in [2.45, 2.75) is 19.8 Å². The number of rotatable bonds is 7. The van der Waals surface area contributed by atoms with Gasteiger partial charge in [-0.25, -0.2) is 4.79 Å². The average molecular weight is 366 g/mol. The number of ether oxygens (including phenoxy) is 2. The maximum atomic E-state index is 12.6. The molecule has 3 aromatic rings. The second-order valence-electron chi connectivity index (χ2n) is 5.87. The highest BCUT2D eigenvalue weighted by Gasteiger charge is 2.23. The number of nitro groups is 1. The topological polar surface area (TPSA) is 91.6 Å². The largest absolute Gasteiger partial charge is 0.494 e. The normalized spacial score (nSPS) is 10.6. The molecule has 27 heavy (non-hydrogen) atoms. The monoisotopic (exact) mass is 366 g/mol. The lowest BCUT2D eigenvalue weighted by atomic mass is 10.1. The standard InChI is InChI=1S/C20H18N2O5/c1-2-3-12-26-16-8-4-6-15(13-16)20(23)27-19-17(22(24)25)10-9-14-7-5-11-21-18(14)19/h4-11,13H,2-3,12H2,1H3. The molecule has 7 heteroatoms. The molecule has 0 aliphatic heterocycles. The van der Waals surface area contributed by atoms with E-state index in [9.17, 15) is 14.9 Å². The summed E-state index contributed by atoms with van der Waals surface area (Å²) in [6.45, 7) is 2.61. The van der Waals surface area contributed by atoms with Crippen LogP contribution < -0.4 is 9.47 Å². The summed E-state index contributed by atoms with van der Waals surface area (Å²) in [6.07, 6.45) is 3.40. The molecule has 2 aromatic carbocycles. The van der Waals surface area contributed by atoms with Gasteiger partial charge in [0.25, 0.3) is 0 Å². The van der Waals surface area contributed by atoms with Gasteiger partial charge in [0.1, 0.15) is 11.3 Å². The van der Waals surface area contributed by atoms with Crippen molar-refractivity contribution >= 4 is 22.6 Å². The number of fused-ring (bicyclic) bond motifs is 1. The highest BCUT2D eigenvalue weighted by molar-refractivity contribution is 5.96. The highest BCUT2D eigenvalue weighted by atomic mass is 16.6. The van der Waals surface area contributed by atoms with Crippen LogP contribution in [0, 0.1) is 10.1 Å². The second kappa shape index (κ2) is 8.27. The molecule has 0 aliphatic carbocycles. The van der Waals surface area contributed by atoms with Gasteiger partial charge < -0.3 is 9.47 Å². The van der Waals surface area contributed by atoms with Gasteiger partial charge in [0.05, 0.1) is 17.1 Å². The molecule has 0 N–H and O–H groups in total. The van der Waals surface area contributed by atoms with Crippen LogP contribution in [0.15, 0.2) is 54.7 Å². The van der Waals surface area contributed by atoms with Gasteiger partial charge in [-0.2, -0.15) is 0 Å². The van der Waals surface area contributed by atoms with E-state index in [4.69, 9.17) is 9.47 Å². The van der Waals surface area contributed by atoms with Crippen molar-refractivity contribution in [3.8, 4) is 11.5 Å². The maximum absolute atomic E-state index is 12.6. The highest BCUT2D eigenvalue weighted by Crippen LogP contribution is 2.34. The fourth-order valence-electron chi connectivity index (χ4n) is 2.55. The van der Waals surface area contributed by atoms with Crippen molar-refractivity contribution < 1.29 is 19.2 Å². The molecule has 138 valence electrons. The minimum absolute atomic E-state index is 0.166. The Morgan fingerprint density at radius 2 is 2.04 bits per heavy atom. The van der Waals surface area contributed by atoms with Crippen LogP contribution in [0.5, 0.6) is 11.5 Å². The van der Waals surface area contributed by atoms with E-state index in [-0.39, 0.29) is 22.5 Å². The number of carbonyl (C=O) groups is 1. The first-order valence-corrected chi connectivity index (χ1v) is 8.57. The summed E-state index contributed by atoms with van der Waals surface area (Å²) in [5, 5.41) is 12.0. The van der Waals surface area contributed by atoms with Crippen LogP contribution in [-0.2, 0) is 0 Å². The van der Waals surface area contributed by atoms with Crippen molar-refractivity contribution in [1.82, 2.24) is 4.98 Å². The SMILES string of the molecule is CCCCOc1cccc(C(=O)Oc2c([N+](=O)[O-])ccc3cccnc23)c1. The van der Waals surface area contributed by atoms with Crippen molar-refractivity contribution in [2.24, 2.45) is 0 Å². The third kappa shape index (κ3) is 4.20. The number of pyridine rings is 1. The molecular weight excluding hydrogens is 348 g/mol. The molecule has 0 atom stereocenters. The Morgan fingerprint density at radius 1 is 1.19 bits per heavy atom. The molecule has 0 spiro atoms. The number of aromatic nitrogens is 1. The Hall–Kier alpha value is -3.48. The zero-order chi connectivity index (χ0) is 19.2. The van der Waals surface area contributed by atoms with Crippen LogP contribution >= 0.6 is 0 Å². The van der Waals surface area contributed by atoms with Gasteiger partial charge in [-0.1, -0.05) is 25.5 Å². The first kappa shape index (κ1) is 18.3. The van der Waals surface area contributed by atoms with E-state index >= 15 is 0 Å². The summed E-state index contributed by atoms with van der Waals surface area (Å²) in [5.74, 6) is -0.332. The molecule has 3 rings (SSSR count). The molecule has 0 aliphatic rings. The van der Waals surface area contributed by atoms with Gasteiger partial charge in [-0.3, -0.25) is 15.1 Å². The van der Waals surface area contributed by atoms with Crippen LogP contribution in [0.25, 0.3) is 10.9 Å². The number of hydrogen-bond donors (Lipinski definition) is 0. The summed E-state index contributed by atoms with van der Waals surface area (Å²) in [7, 11) is 0. The average Bonchev–Trinajstić information content (AvgIpc) is 2.68. The number of nitro benzene ring substituents is 1. The van der Waals surface area contributed by atoms with E-state index in [2.05, 4.69) is 11.9 Å². The Labute approximate surface area is 155 Å². The van der Waals surface area contributed by atoms with E-state index in [1.54, 1.807) is 42.5 Å². The molecule has 1 heterocycles. The van der Waals surface area contributed by atoms with Crippen molar-refractivity contribution in [1.29, 1.82) is 0 Å². The maximum Gasteiger partial charge on any atom is 0.343 e. The molecule has 0 bridgehead atoms. The minimum Gasteiger partial charge on any atom is -0.494 e. The Bertz CT molecular complexity index is 987. The molecule has 0 radical (unpaired) electrons. The zero-order valence-corrected chi connectivity index (χ0v) is 14.8. The van der Waals surface area contributed by atoms with Gasteiger partial charge in [0, 0.05) is 17.6 Å². The molecule has 0 saturated carbocycles. The predicted molar refractivity (Wildman–Crippen MR) is 100 cm³/mol. The number of nitrogens with zero attached hydrogens (tertiary/aromatic N) is 2. The summed E-state index contributed by atoms with van der Waals surface area (Å²) < 4.78 is 11.0. The summed E-state index contributed by atoms with van der Waals surface area (Å²) in [4.78, 5) is 27.5. The number of carbonyl (C=O) groups excluding carboxylic acids is 1. The van der Waals surface area contributed by atoms with E-state index < -0.39 is 10.9 Å². The van der Waals surface area contributed by atoms with Gasteiger partial charge in [-0.05, 0) is 36.8 Å². The van der Waals surface area contributed by atoms with E-state index in [0.717, 1.165) is 12.8 Å². The summed E-state index contributed by atoms with van der Waals surface area (Å²) in [6, 6.07) is 12.9. The first-order valence-electron chi connectivity index (χ1n) is 8.57. The lowest BCUT2D eigenvalue weighted by Crippen LogP contribution is -2.11. The lowest BCUT2D eigenvalue weighted by molar-refractivity contribution is -0.385. The Balaban J connectivity index is 1.91.